The smallest absolute Gasteiger partial charge is 0.264 e. The second-order valence-corrected chi connectivity index (χ2v) is 12.7. The summed E-state index contributed by atoms with van der Waals surface area (Å²) < 4.78 is 40.2. The Balaban J connectivity index is 1.77. The van der Waals surface area contributed by atoms with Crippen molar-refractivity contribution in [3.05, 3.63) is 83.4 Å². The van der Waals surface area contributed by atoms with Crippen LogP contribution in [0.1, 0.15) is 44.6 Å². The van der Waals surface area contributed by atoms with Crippen molar-refractivity contribution >= 4 is 39.1 Å². The first kappa shape index (κ1) is 32.2. The number of nitrogens with zero attached hydrogens (tertiary/aromatic N) is 2. The van der Waals surface area contributed by atoms with Crippen LogP contribution in [0.2, 0.25) is 5.02 Å². The quantitative estimate of drug-likeness (QED) is 0.271. The van der Waals surface area contributed by atoms with Gasteiger partial charge in [-0.1, -0.05) is 61.7 Å². The standard InChI is InChI=1S/C32H38ClN3O6S/c1-4-28(32(38)34-25-10-8-9-11-25)35(21-23-14-16-24(33)17-15-23)31(37)22-36(43(39,40)27-12-6-5-7-13-27)29-20-26(41-2)18-19-30(29)42-3/h5-7,12-20,25,28H,4,8-11,21-22H2,1-3H3,(H,34,38). The molecule has 9 nitrogen and oxygen atoms in total. The summed E-state index contributed by atoms with van der Waals surface area (Å²) in [5, 5.41) is 3.65. The molecule has 1 N–H and O–H groups in total. The number of carbonyl (C=O) groups excluding carboxylic acids is 2. The van der Waals surface area contributed by atoms with Crippen LogP contribution < -0.4 is 19.1 Å². The van der Waals surface area contributed by atoms with Gasteiger partial charge in [0.15, 0.2) is 0 Å². The van der Waals surface area contributed by atoms with Gasteiger partial charge in [0.2, 0.25) is 11.8 Å². The van der Waals surface area contributed by atoms with Crippen LogP contribution in [0, 0.1) is 0 Å². The molecular formula is C32H38ClN3O6S. The summed E-state index contributed by atoms with van der Waals surface area (Å²) in [6.07, 6.45) is 4.22. The number of nitrogens with one attached hydrogen (secondary N) is 1. The maximum Gasteiger partial charge on any atom is 0.264 e. The van der Waals surface area contributed by atoms with E-state index in [1.165, 1.54) is 37.3 Å². The number of amides is 2. The number of sulfonamides is 1. The third-order valence-corrected chi connectivity index (χ3v) is 9.64. The molecule has 2 amide bonds. The lowest BCUT2D eigenvalue weighted by Crippen LogP contribution is -2.53. The van der Waals surface area contributed by atoms with Crippen molar-refractivity contribution < 1.29 is 27.5 Å². The van der Waals surface area contributed by atoms with Gasteiger partial charge in [-0.25, -0.2) is 8.42 Å². The number of carbonyl (C=O) groups is 2. The van der Waals surface area contributed by atoms with E-state index in [4.69, 9.17) is 21.1 Å². The molecule has 230 valence electrons. The van der Waals surface area contributed by atoms with E-state index >= 15 is 0 Å². The average molecular weight is 628 g/mol. The van der Waals surface area contributed by atoms with Gasteiger partial charge >= 0.3 is 0 Å². The van der Waals surface area contributed by atoms with Crippen LogP contribution in [0.5, 0.6) is 11.5 Å². The maximum absolute atomic E-state index is 14.3. The number of benzene rings is 3. The third-order valence-electron chi connectivity index (χ3n) is 7.62. The molecule has 0 spiro atoms. The fourth-order valence-electron chi connectivity index (χ4n) is 5.30. The average Bonchev–Trinajstić information content (AvgIpc) is 3.53. The summed E-state index contributed by atoms with van der Waals surface area (Å²) in [6.45, 7) is 1.34. The predicted molar refractivity (Wildman–Crippen MR) is 167 cm³/mol. The Bertz CT molecular complexity index is 1500. The number of methoxy groups -OCH3 is 2. The minimum absolute atomic E-state index is 0.00272. The van der Waals surface area contributed by atoms with Crippen LogP contribution in [0.25, 0.3) is 0 Å². The first-order chi connectivity index (χ1) is 20.7. The molecule has 11 heteroatoms. The number of ether oxygens (including phenoxy) is 2. The summed E-state index contributed by atoms with van der Waals surface area (Å²) in [5.74, 6) is -0.179. The second kappa shape index (κ2) is 14.6. The summed E-state index contributed by atoms with van der Waals surface area (Å²) in [5.41, 5.74) is 0.884. The Morgan fingerprint density at radius 1 is 0.977 bits per heavy atom. The van der Waals surface area contributed by atoms with Crippen molar-refractivity contribution in [1.29, 1.82) is 0 Å². The van der Waals surface area contributed by atoms with Gasteiger partial charge in [-0.05, 0) is 61.2 Å². The zero-order valence-electron chi connectivity index (χ0n) is 24.7. The molecule has 0 bridgehead atoms. The minimum Gasteiger partial charge on any atom is -0.497 e. The van der Waals surface area contributed by atoms with E-state index in [1.807, 2.05) is 6.92 Å². The van der Waals surface area contributed by atoms with E-state index < -0.39 is 28.5 Å². The van der Waals surface area contributed by atoms with E-state index in [1.54, 1.807) is 54.6 Å². The van der Waals surface area contributed by atoms with Crippen molar-refractivity contribution in [1.82, 2.24) is 10.2 Å². The maximum atomic E-state index is 14.3. The zero-order chi connectivity index (χ0) is 31.0. The van der Waals surface area contributed by atoms with Gasteiger partial charge in [-0.15, -0.1) is 0 Å². The normalized spacial score (nSPS) is 14.1. The molecule has 0 aliphatic heterocycles. The van der Waals surface area contributed by atoms with E-state index in [0.717, 1.165) is 35.6 Å². The Morgan fingerprint density at radius 3 is 2.26 bits per heavy atom. The second-order valence-electron chi connectivity index (χ2n) is 10.4. The minimum atomic E-state index is -4.26. The number of hydrogen-bond acceptors (Lipinski definition) is 6. The van der Waals surface area contributed by atoms with Crippen molar-refractivity contribution in [3.63, 3.8) is 0 Å². The Labute approximate surface area is 258 Å². The molecule has 1 aliphatic carbocycles. The Kier molecular flexibility index (Phi) is 10.9. The number of hydrogen-bond donors (Lipinski definition) is 1. The van der Waals surface area contributed by atoms with Gasteiger partial charge < -0.3 is 19.7 Å². The highest BCUT2D eigenvalue weighted by Crippen LogP contribution is 2.36. The highest BCUT2D eigenvalue weighted by molar-refractivity contribution is 7.92. The molecular weight excluding hydrogens is 590 g/mol. The van der Waals surface area contributed by atoms with Crippen LogP contribution in [-0.2, 0) is 26.2 Å². The van der Waals surface area contributed by atoms with Crippen LogP contribution in [0.15, 0.2) is 77.7 Å². The number of anilines is 1. The molecule has 1 unspecified atom stereocenters. The molecule has 1 saturated carbocycles. The van der Waals surface area contributed by atoms with Crippen molar-refractivity contribution in [2.45, 2.75) is 62.6 Å². The van der Waals surface area contributed by atoms with Gasteiger partial charge in [0, 0.05) is 23.7 Å². The SMILES string of the molecule is CCC(C(=O)NC1CCCC1)N(Cc1ccc(Cl)cc1)C(=O)CN(c1cc(OC)ccc1OC)S(=O)(=O)c1ccccc1. The molecule has 0 radical (unpaired) electrons. The van der Waals surface area contributed by atoms with Gasteiger partial charge in [-0.3, -0.25) is 13.9 Å². The Morgan fingerprint density at radius 2 is 1.65 bits per heavy atom. The summed E-state index contributed by atoms with van der Waals surface area (Å²) in [7, 11) is -1.37. The van der Waals surface area contributed by atoms with Crippen LogP contribution in [0.4, 0.5) is 5.69 Å². The monoisotopic (exact) mass is 627 g/mol. The topological polar surface area (TPSA) is 105 Å². The third kappa shape index (κ3) is 7.80. The molecule has 4 rings (SSSR count). The van der Waals surface area contributed by atoms with Crippen molar-refractivity contribution in [2.75, 3.05) is 25.1 Å². The largest absolute Gasteiger partial charge is 0.497 e. The zero-order valence-corrected chi connectivity index (χ0v) is 26.2. The lowest BCUT2D eigenvalue weighted by atomic mass is 10.1. The van der Waals surface area contributed by atoms with Gasteiger partial charge in [-0.2, -0.15) is 0 Å². The molecule has 0 saturated heterocycles. The molecule has 3 aromatic carbocycles. The van der Waals surface area contributed by atoms with Gasteiger partial charge in [0.25, 0.3) is 10.0 Å². The number of halogens is 1. The van der Waals surface area contributed by atoms with Crippen molar-refractivity contribution in [2.24, 2.45) is 0 Å². The van der Waals surface area contributed by atoms with Crippen molar-refractivity contribution in [3.8, 4) is 11.5 Å². The van der Waals surface area contributed by atoms with E-state index in [0.29, 0.717) is 17.2 Å². The molecule has 1 atom stereocenters. The van der Waals surface area contributed by atoms with E-state index in [2.05, 4.69) is 5.32 Å². The van der Waals surface area contributed by atoms with Gasteiger partial charge in [0.05, 0.1) is 24.8 Å². The first-order valence-corrected chi connectivity index (χ1v) is 16.1. The first-order valence-electron chi connectivity index (χ1n) is 14.3. The highest BCUT2D eigenvalue weighted by atomic mass is 35.5. The Hall–Kier alpha value is -3.76. The molecule has 3 aromatic rings. The fourth-order valence-corrected chi connectivity index (χ4v) is 6.86. The van der Waals surface area contributed by atoms with E-state index in [9.17, 15) is 18.0 Å². The summed E-state index contributed by atoms with van der Waals surface area (Å²) in [4.78, 5) is 29.4. The predicted octanol–water partition coefficient (Wildman–Crippen LogP) is 5.42. The van der Waals surface area contributed by atoms with Gasteiger partial charge in [0.1, 0.15) is 24.1 Å². The molecule has 43 heavy (non-hydrogen) atoms. The number of rotatable bonds is 13. The lowest BCUT2D eigenvalue weighted by molar-refractivity contribution is -0.140. The van der Waals surface area contributed by atoms with Crippen LogP contribution >= 0.6 is 11.6 Å². The summed E-state index contributed by atoms with van der Waals surface area (Å²) in [6, 6.07) is 18.9. The summed E-state index contributed by atoms with van der Waals surface area (Å²) >= 11 is 6.10. The lowest BCUT2D eigenvalue weighted by Gasteiger charge is -2.34. The molecule has 1 fully saturated rings. The highest BCUT2D eigenvalue weighted by Gasteiger charge is 2.35. The fraction of sp³-hybridized carbons (Fsp3) is 0.375. The van der Waals surface area contributed by atoms with Crippen LogP contribution in [0.3, 0.4) is 0 Å². The molecule has 0 heterocycles. The van der Waals surface area contributed by atoms with Crippen LogP contribution in [-0.4, -0.2) is 58.0 Å². The van der Waals surface area contributed by atoms with E-state index in [-0.39, 0.29) is 34.8 Å². The molecule has 1 aliphatic rings. The molecule has 0 aromatic heterocycles.